The molecule has 1 aromatic rings. The molecule has 1 heterocycles. The highest BCUT2D eigenvalue weighted by atomic mass is 79.9. The molecule has 1 aliphatic heterocycles. The van der Waals surface area contributed by atoms with E-state index < -0.39 is 0 Å². The van der Waals surface area contributed by atoms with Gasteiger partial charge < -0.3 is 11.1 Å². The zero-order chi connectivity index (χ0) is 12.2. The fraction of sp³-hybridized carbons (Fsp3) is 0.462. The largest absolute Gasteiger partial charge is 0.398 e. The number of hydrogen-bond acceptors (Lipinski definition) is 3. The first-order chi connectivity index (χ1) is 8.11. The third kappa shape index (κ3) is 1.70. The molecule has 1 aliphatic carbocycles. The summed E-state index contributed by atoms with van der Waals surface area (Å²) >= 11 is 3.54. The minimum atomic E-state index is 0.686. The van der Waals surface area contributed by atoms with Gasteiger partial charge in [-0.3, -0.25) is 0 Å². The van der Waals surface area contributed by atoms with Crippen LogP contribution in [-0.4, -0.2) is 23.2 Å². The fourth-order valence-corrected chi connectivity index (χ4v) is 3.85. The molecule has 1 saturated heterocycles. The van der Waals surface area contributed by atoms with E-state index in [0.29, 0.717) is 5.92 Å². The van der Waals surface area contributed by atoms with E-state index in [4.69, 9.17) is 11.1 Å². The highest BCUT2D eigenvalue weighted by Crippen LogP contribution is 2.59. The van der Waals surface area contributed by atoms with Crippen LogP contribution in [0, 0.1) is 24.2 Å². The second-order valence-corrected chi connectivity index (χ2v) is 6.17. The normalized spacial score (nSPS) is 31.3. The van der Waals surface area contributed by atoms with Crippen molar-refractivity contribution in [1.82, 2.24) is 3.93 Å². The van der Waals surface area contributed by atoms with E-state index in [1.807, 2.05) is 6.07 Å². The van der Waals surface area contributed by atoms with Gasteiger partial charge in [0.15, 0.2) is 0 Å². The zero-order valence-electron chi connectivity index (χ0n) is 9.78. The van der Waals surface area contributed by atoms with Crippen molar-refractivity contribution in [2.45, 2.75) is 12.8 Å². The van der Waals surface area contributed by atoms with Gasteiger partial charge >= 0.3 is 0 Å². The Morgan fingerprint density at radius 2 is 2.06 bits per heavy atom. The van der Waals surface area contributed by atoms with Crippen molar-refractivity contribution in [2.75, 3.05) is 18.8 Å². The topological polar surface area (TPSA) is 53.1 Å². The maximum Gasteiger partial charge on any atom is 0.0406 e. The molecule has 4 heteroatoms. The Labute approximate surface area is 110 Å². The number of piperidine rings is 1. The van der Waals surface area contributed by atoms with Crippen molar-refractivity contribution in [3.05, 3.63) is 28.8 Å². The monoisotopic (exact) mass is 293 g/mol. The van der Waals surface area contributed by atoms with Crippen LogP contribution in [0.2, 0.25) is 0 Å². The van der Waals surface area contributed by atoms with Gasteiger partial charge in [-0.05, 0) is 47.9 Å². The Hall–Kier alpha value is -0.870. The summed E-state index contributed by atoms with van der Waals surface area (Å²) in [5.41, 5.74) is 10.2. The van der Waals surface area contributed by atoms with Crippen LogP contribution in [0.3, 0.4) is 0 Å². The Balaban J connectivity index is 1.91. The SMILES string of the molecule is Cc1cc(C=N)c(N)cc1C1C2CN(Br)CC21. The Kier molecular flexibility index (Phi) is 2.52. The summed E-state index contributed by atoms with van der Waals surface area (Å²) in [7, 11) is 0. The van der Waals surface area contributed by atoms with Gasteiger partial charge in [-0.2, -0.15) is 0 Å². The summed E-state index contributed by atoms with van der Waals surface area (Å²) in [6.45, 7) is 4.41. The molecule has 90 valence electrons. The maximum absolute atomic E-state index is 7.31. The lowest BCUT2D eigenvalue weighted by Gasteiger charge is -2.14. The summed E-state index contributed by atoms with van der Waals surface area (Å²) in [5.74, 6) is 2.27. The first kappa shape index (κ1) is 11.2. The number of fused-ring (bicyclic) bond motifs is 1. The van der Waals surface area contributed by atoms with Gasteiger partial charge in [0, 0.05) is 46.7 Å². The van der Waals surface area contributed by atoms with Crippen LogP contribution in [0.25, 0.3) is 0 Å². The summed E-state index contributed by atoms with van der Waals surface area (Å²) in [4.78, 5) is 0. The Morgan fingerprint density at radius 3 is 2.65 bits per heavy atom. The van der Waals surface area contributed by atoms with E-state index in [9.17, 15) is 0 Å². The van der Waals surface area contributed by atoms with Gasteiger partial charge in [0.25, 0.3) is 0 Å². The van der Waals surface area contributed by atoms with E-state index >= 15 is 0 Å². The van der Waals surface area contributed by atoms with Gasteiger partial charge in [0.2, 0.25) is 0 Å². The summed E-state index contributed by atoms with van der Waals surface area (Å²) in [5, 5.41) is 7.31. The first-order valence-corrected chi connectivity index (χ1v) is 6.64. The third-order valence-corrected chi connectivity index (χ3v) is 4.71. The average Bonchev–Trinajstić information content (AvgIpc) is 2.78. The first-order valence-electron chi connectivity index (χ1n) is 5.93. The van der Waals surface area contributed by atoms with E-state index in [2.05, 4.69) is 33.1 Å². The van der Waals surface area contributed by atoms with Crippen molar-refractivity contribution in [2.24, 2.45) is 11.8 Å². The molecule has 1 aromatic carbocycles. The zero-order valence-corrected chi connectivity index (χ0v) is 11.4. The molecular formula is C13H16BrN3. The molecule has 0 amide bonds. The third-order valence-electron chi connectivity index (χ3n) is 4.14. The smallest absolute Gasteiger partial charge is 0.0406 e. The van der Waals surface area contributed by atoms with E-state index in [-0.39, 0.29) is 0 Å². The average molecular weight is 294 g/mol. The number of nitrogens with zero attached hydrogens (tertiary/aromatic N) is 1. The molecule has 0 spiro atoms. The molecule has 3 nitrogen and oxygen atoms in total. The van der Waals surface area contributed by atoms with E-state index in [1.54, 1.807) is 0 Å². The van der Waals surface area contributed by atoms with Crippen LogP contribution in [0.5, 0.6) is 0 Å². The van der Waals surface area contributed by atoms with E-state index in [1.165, 1.54) is 17.3 Å². The van der Waals surface area contributed by atoms with Crippen LogP contribution in [0.15, 0.2) is 12.1 Å². The fourth-order valence-electron chi connectivity index (χ4n) is 3.18. The maximum atomic E-state index is 7.31. The molecule has 2 aliphatic rings. The number of nitrogens with one attached hydrogen (secondary N) is 1. The number of benzene rings is 1. The summed E-state index contributed by atoms with van der Waals surface area (Å²) in [6, 6.07) is 4.12. The quantitative estimate of drug-likeness (QED) is 0.500. The summed E-state index contributed by atoms with van der Waals surface area (Å²) < 4.78 is 2.23. The molecular weight excluding hydrogens is 278 g/mol. The van der Waals surface area contributed by atoms with Gasteiger partial charge in [-0.15, -0.1) is 0 Å². The lowest BCUT2D eigenvalue weighted by molar-refractivity contribution is 0.514. The highest BCUT2D eigenvalue weighted by Gasteiger charge is 2.56. The number of hydrogen-bond donors (Lipinski definition) is 2. The van der Waals surface area contributed by atoms with Crippen LogP contribution in [0.4, 0.5) is 5.69 Å². The lowest BCUT2D eigenvalue weighted by Crippen LogP contribution is -2.12. The van der Waals surface area contributed by atoms with Crippen LogP contribution < -0.4 is 5.73 Å². The van der Waals surface area contributed by atoms with Crippen LogP contribution >= 0.6 is 16.1 Å². The number of anilines is 1. The van der Waals surface area contributed by atoms with Crippen molar-refractivity contribution >= 4 is 28.0 Å². The second kappa shape index (κ2) is 3.82. The molecule has 2 fully saturated rings. The predicted molar refractivity (Wildman–Crippen MR) is 73.7 cm³/mol. The molecule has 17 heavy (non-hydrogen) atoms. The number of aryl methyl sites for hydroxylation is 1. The molecule has 2 unspecified atom stereocenters. The number of nitrogen functional groups attached to an aromatic ring is 1. The predicted octanol–water partition coefficient (Wildman–Crippen LogP) is 2.53. The highest BCUT2D eigenvalue weighted by molar-refractivity contribution is 9.07. The molecule has 3 rings (SSSR count). The number of halogens is 1. The van der Waals surface area contributed by atoms with E-state index in [0.717, 1.165) is 36.2 Å². The van der Waals surface area contributed by atoms with Gasteiger partial charge in [-0.1, -0.05) is 0 Å². The van der Waals surface area contributed by atoms with Crippen LogP contribution in [0.1, 0.15) is 22.6 Å². The molecule has 2 atom stereocenters. The molecule has 3 N–H and O–H groups in total. The number of rotatable bonds is 2. The van der Waals surface area contributed by atoms with Crippen molar-refractivity contribution in [1.29, 1.82) is 5.41 Å². The van der Waals surface area contributed by atoms with Crippen molar-refractivity contribution in [3.63, 3.8) is 0 Å². The van der Waals surface area contributed by atoms with Gasteiger partial charge in [0.05, 0.1) is 0 Å². The Morgan fingerprint density at radius 1 is 1.41 bits per heavy atom. The standard InChI is InChI=1S/C13H16BrN3/c1-7-2-8(4-15)12(16)3-9(7)13-10-5-17(14)6-11(10)13/h2-4,10-11,13,15H,5-6,16H2,1H3. The number of nitrogens with two attached hydrogens (primary N) is 1. The molecule has 0 bridgehead atoms. The van der Waals surface area contributed by atoms with Crippen LogP contribution in [-0.2, 0) is 0 Å². The van der Waals surface area contributed by atoms with Crippen molar-refractivity contribution in [3.8, 4) is 0 Å². The van der Waals surface area contributed by atoms with Gasteiger partial charge in [0.1, 0.15) is 0 Å². The molecule has 0 aromatic heterocycles. The van der Waals surface area contributed by atoms with Gasteiger partial charge in [-0.25, -0.2) is 3.93 Å². The minimum Gasteiger partial charge on any atom is -0.398 e. The van der Waals surface area contributed by atoms with Crippen molar-refractivity contribution < 1.29 is 0 Å². The summed E-state index contributed by atoms with van der Waals surface area (Å²) in [6.07, 6.45) is 1.33. The lowest BCUT2D eigenvalue weighted by atomic mass is 9.98. The minimum absolute atomic E-state index is 0.686. The molecule has 1 saturated carbocycles. The molecule has 0 radical (unpaired) electrons. The Bertz CT molecular complexity index is 474. The second-order valence-electron chi connectivity index (χ2n) is 5.16.